The molecule has 2 aromatic carbocycles. The number of nitrogens with one attached hydrogen (secondary N) is 2. The van der Waals surface area contributed by atoms with Crippen molar-refractivity contribution in [3.8, 4) is 0 Å². The summed E-state index contributed by atoms with van der Waals surface area (Å²) in [6.45, 7) is 8.27. The van der Waals surface area contributed by atoms with Crippen LogP contribution in [0.25, 0.3) is 0 Å². The first-order valence-electron chi connectivity index (χ1n) is 10.3. The summed E-state index contributed by atoms with van der Waals surface area (Å²) in [6.07, 6.45) is 1.75. The fraction of sp³-hybridized carbons (Fsp3) is 0.348. The Kier molecular flexibility index (Phi) is 5.81. The molecule has 0 saturated carbocycles. The van der Waals surface area contributed by atoms with E-state index in [0.29, 0.717) is 0 Å². The van der Waals surface area contributed by atoms with E-state index in [4.69, 9.17) is 0 Å². The lowest BCUT2D eigenvalue weighted by Gasteiger charge is -2.33. The van der Waals surface area contributed by atoms with Gasteiger partial charge in [0.15, 0.2) is 5.82 Å². The molecule has 1 aliphatic heterocycles. The summed E-state index contributed by atoms with van der Waals surface area (Å²) in [5, 5.41) is 12.0. The fourth-order valence-corrected chi connectivity index (χ4v) is 4.73. The van der Waals surface area contributed by atoms with E-state index in [1.54, 1.807) is 0 Å². The lowest BCUT2D eigenvalue weighted by Crippen LogP contribution is -2.41. The summed E-state index contributed by atoms with van der Waals surface area (Å²) in [5.41, 5.74) is 8.94. The number of fused-ring (bicyclic) bond motifs is 1. The second kappa shape index (κ2) is 8.52. The second-order valence-electron chi connectivity index (χ2n) is 7.56. The molecule has 4 rings (SSSR count). The van der Waals surface area contributed by atoms with E-state index in [1.807, 2.05) is 30.7 Å². The molecule has 1 aromatic heterocycles. The molecule has 0 bridgehead atoms. The molecule has 2 atom stereocenters. The zero-order valence-electron chi connectivity index (χ0n) is 17.8. The molecule has 0 radical (unpaired) electrons. The van der Waals surface area contributed by atoms with Crippen molar-refractivity contribution >= 4 is 23.4 Å². The maximum absolute atomic E-state index is 13.4. The number of thioether (sulfide) groups is 1. The number of carbonyl (C=O) groups is 1. The molecular weight excluding hydrogens is 394 g/mol. The van der Waals surface area contributed by atoms with Crippen molar-refractivity contribution in [1.82, 2.24) is 14.9 Å². The van der Waals surface area contributed by atoms with Crippen molar-refractivity contribution in [3.05, 3.63) is 70.5 Å². The molecule has 0 spiro atoms. The molecule has 6 nitrogen and oxygen atoms in total. The Morgan fingerprint density at radius 1 is 1.10 bits per heavy atom. The van der Waals surface area contributed by atoms with Gasteiger partial charge in [-0.3, -0.25) is 4.79 Å². The molecule has 0 aliphatic carbocycles. The molecule has 0 saturated heterocycles. The van der Waals surface area contributed by atoms with Crippen LogP contribution in [0.15, 0.2) is 47.6 Å². The third kappa shape index (κ3) is 3.81. The van der Waals surface area contributed by atoms with Crippen LogP contribution in [0.3, 0.4) is 0 Å². The van der Waals surface area contributed by atoms with Crippen molar-refractivity contribution in [2.24, 2.45) is 0 Å². The van der Waals surface area contributed by atoms with Crippen LogP contribution in [-0.2, 0) is 17.6 Å². The first kappa shape index (κ1) is 20.5. The third-order valence-electron chi connectivity index (χ3n) is 5.69. The van der Waals surface area contributed by atoms with Gasteiger partial charge in [0.25, 0.3) is 0 Å². The van der Waals surface area contributed by atoms with Gasteiger partial charge >= 0.3 is 0 Å². The van der Waals surface area contributed by atoms with Crippen LogP contribution in [-0.4, -0.2) is 26.0 Å². The molecule has 3 aromatic rings. The highest BCUT2D eigenvalue weighted by atomic mass is 32.2. The van der Waals surface area contributed by atoms with Gasteiger partial charge in [-0.05, 0) is 48.6 Å². The van der Waals surface area contributed by atoms with Gasteiger partial charge < -0.3 is 10.7 Å². The lowest BCUT2D eigenvalue weighted by molar-refractivity contribution is -0.116. The van der Waals surface area contributed by atoms with Crippen LogP contribution < -0.4 is 10.7 Å². The topological polar surface area (TPSA) is 71.8 Å². The molecule has 2 unspecified atom stereocenters. The fourth-order valence-electron chi connectivity index (χ4n) is 3.63. The van der Waals surface area contributed by atoms with Gasteiger partial charge in [-0.1, -0.05) is 62.0 Å². The minimum atomic E-state index is -0.376. The zero-order valence-corrected chi connectivity index (χ0v) is 18.6. The first-order valence-corrected chi connectivity index (χ1v) is 11.2. The van der Waals surface area contributed by atoms with Crippen LogP contribution in [0, 0.1) is 13.8 Å². The summed E-state index contributed by atoms with van der Waals surface area (Å²) in [4.78, 5) is 13.4. The highest BCUT2D eigenvalue weighted by Gasteiger charge is 2.37. The quantitative estimate of drug-likeness (QED) is 0.638. The molecule has 7 heteroatoms. The molecule has 2 N–H and O–H groups in total. The molecule has 1 aliphatic rings. The van der Waals surface area contributed by atoms with E-state index in [1.165, 1.54) is 17.3 Å². The largest absolute Gasteiger partial charge is 0.325 e. The summed E-state index contributed by atoms with van der Waals surface area (Å²) in [7, 11) is 0. The minimum Gasteiger partial charge on any atom is -0.325 e. The number of anilines is 1. The molecular formula is C23H27N5OS. The standard InChI is InChI=1S/C23H27N5OS/c1-5-16-10-12-17(13-11-16)20-21(30-23-26-25-19(6-2)28(23)27-20)22(29)24-18-9-7-8-14(3)15(18)4/h7-13,20-21,27H,5-6H2,1-4H3,(H,24,29). The average Bonchev–Trinajstić information content (AvgIpc) is 3.18. The Labute approximate surface area is 181 Å². The van der Waals surface area contributed by atoms with Crippen molar-refractivity contribution in [3.63, 3.8) is 0 Å². The molecule has 0 fully saturated rings. The Morgan fingerprint density at radius 2 is 1.87 bits per heavy atom. The van der Waals surface area contributed by atoms with Gasteiger partial charge in [0.05, 0.1) is 6.04 Å². The van der Waals surface area contributed by atoms with E-state index < -0.39 is 0 Å². The number of hydrogen-bond acceptors (Lipinski definition) is 5. The molecule has 156 valence electrons. The zero-order chi connectivity index (χ0) is 21.3. The number of nitrogens with zero attached hydrogens (tertiary/aromatic N) is 3. The van der Waals surface area contributed by atoms with E-state index in [2.05, 4.69) is 65.1 Å². The highest BCUT2D eigenvalue weighted by Crippen LogP contribution is 2.38. The monoisotopic (exact) mass is 421 g/mol. The Morgan fingerprint density at radius 3 is 2.57 bits per heavy atom. The molecule has 2 heterocycles. The predicted molar refractivity (Wildman–Crippen MR) is 122 cm³/mol. The number of rotatable bonds is 5. The Balaban J connectivity index is 1.68. The van der Waals surface area contributed by atoms with Gasteiger partial charge in [0, 0.05) is 12.1 Å². The second-order valence-corrected chi connectivity index (χ2v) is 8.67. The van der Waals surface area contributed by atoms with E-state index in [-0.39, 0.29) is 17.2 Å². The van der Waals surface area contributed by atoms with E-state index in [0.717, 1.165) is 46.2 Å². The number of amides is 1. The van der Waals surface area contributed by atoms with Crippen molar-refractivity contribution < 1.29 is 4.79 Å². The summed E-state index contributed by atoms with van der Waals surface area (Å²) >= 11 is 1.46. The third-order valence-corrected chi connectivity index (χ3v) is 6.90. The highest BCUT2D eigenvalue weighted by molar-refractivity contribution is 8.00. The number of aryl methyl sites for hydroxylation is 3. The van der Waals surface area contributed by atoms with E-state index in [9.17, 15) is 4.79 Å². The molecule has 1 amide bonds. The lowest BCUT2D eigenvalue weighted by atomic mass is 10.0. The van der Waals surface area contributed by atoms with Crippen LogP contribution in [0.2, 0.25) is 0 Å². The normalized spacial score (nSPS) is 17.9. The number of carbonyl (C=O) groups excluding carboxylic acids is 1. The summed E-state index contributed by atoms with van der Waals surface area (Å²) in [5.74, 6) is 0.819. The van der Waals surface area contributed by atoms with Gasteiger partial charge in [0.2, 0.25) is 11.1 Å². The maximum atomic E-state index is 13.4. The first-order chi connectivity index (χ1) is 14.5. The average molecular weight is 422 g/mol. The number of benzene rings is 2. The molecule has 30 heavy (non-hydrogen) atoms. The van der Waals surface area contributed by atoms with Crippen LogP contribution in [0.1, 0.15) is 48.0 Å². The predicted octanol–water partition coefficient (Wildman–Crippen LogP) is 4.42. The number of hydrogen-bond donors (Lipinski definition) is 2. The van der Waals surface area contributed by atoms with Crippen molar-refractivity contribution in [2.45, 2.75) is 57.0 Å². The summed E-state index contributed by atoms with van der Waals surface area (Å²) in [6, 6.07) is 14.2. The van der Waals surface area contributed by atoms with E-state index >= 15 is 0 Å². The van der Waals surface area contributed by atoms with Gasteiger partial charge in [-0.2, -0.15) is 0 Å². The minimum absolute atomic E-state index is 0.0435. The Bertz CT molecular complexity index is 1060. The smallest absolute Gasteiger partial charge is 0.240 e. The van der Waals surface area contributed by atoms with Crippen LogP contribution in [0.5, 0.6) is 0 Å². The van der Waals surface area contributed by atoms with Gasteiger partial charge in [-0.25, -0.2) is 4.68 Å². The van der Waals surface area contributed by atoms with Gasteiger partial charge in [0.1, 0.15) is 5.25 Å². The van der Waals surface area contributed by atoms with Crippen molar-refractivity contribution in [2.75, 3.05) is 10.7 Å². The van der Waals surface area contributed by atoms with Crippen LogP contribution >= 0.6 is 11.8 Å². The van der Waals surface area contributed by atoms with Gasteiger partial charge in [-0.15, -0.1) is 10.2 Å². The Hall–Kier alpha value is -2.80. The SMILES string of the molecule is CCc1ccc(C2Nn3c(CC)nnc3SC2C(=O)Nc2cccc(C)c2C)cc1. The van der Waals surface area contributed by atoms with Crippen molar-refractivity contribution in [1.29, 1.82) is 0 Å². The maximum Gasteiger partial charge on any atom is 0.240 e. The summed E-state index contributed by atoms with van der Waals surface area (Å²) < 4.78 is 1.92. The van der Waals surface area contributed by atoms with Crippen LogP contribution in [0.4, 0.5) is 5.69 Å². The number of aromatic nitrogens is 3.